The zero-order valence-corrected chi connectivity index (χ0v) is 8.10. The maximum absolute atomic E-state index is 10.7. The van der Waals surface area contributed by atoms with Crippen molar-refractivity contribution in [1.29, 1.82) is 0 Å². The number of hydrogen-bond donors (Lipinski definition) is 3. The Bertz CT molecular complexity index is 493. The van der Waals surface area contributed by atoms with Gasteiger partial charge in [0.1, 0.15) is 17.7 Å². The molecule has 1 rings (SSSR count). The zero-order chi connectivity index (χ0) is 12.1. The van der Waals surface area contributed by atoms with Gasteiger partial charge in [-0.25, -0.2) is 4.79 Å². The summed E-state index contributed by atoms with van der Waals surface area (Å²) in [5.74, 6) is 2.19. The molecular weight excluding hydrogens is 212 g/mol. The predicted molar refractivity (Wildman–Crippen MR) is 54.2 cm³/mol. The van der Waals surface area contributed by atoms with Crippen LogP contribution in [0.15, 0.2) is 18.2 Å². The molecule has 0 amide bonds. The first-order valence-electron chi connectivity index (χ1n) is 4.27. The summed E-state index contributed by atoms with van der Waals surface area (Å²) < 4.78 is 0. The van der Waals surface area contributed by atoms with Gasteiger partial charge >= 0.3 is 11.9 Å². The predicted octanol–water partition coefficient (Wildman–Crippen LogP) is 0.917. The van der Waals surface area contributed by atoms with Crippen molar-refractivity contribution in [2.45, 2.75) is 6.42 Å². The SMILES string of the molecule is O=C(O)CC#Cc1ccc(O)c(C(=O)O)c1. The van der Waals surface area contributed by atoms with Crippen LogP contribution in [0.3, 0.4) is 0 Å². The van der Waals surface area contributed by atoms with Gasteiger partial charge in [-0.2, -0.15) is 0 Å². The van der Waals surface area contributed by atoms with Crippen LogP contribution >= 0.6 is 0 Å². The Morgan fingerprint density at radius 3 is 2.50 bits per heavy atom. The highest BCUT2D eigenvalue weighted by atomic mass is 16.4. The second-order valence-electron chi connectivity index (χ2n) is 2.91. The van der Waals surface area contributed by atoms with Crippen molar-refractivity contribution in [3.8, 4) is 17.6 Å². The Morgan fingerprint density at radius 2 is 1.94 bits per heavy atom. The normalized spacial score (nSPS) is 9.00. The fourth-order valence-electron chi connectivity index (χ4n) is 1.01. The van der Waals surface area contributed by atoms with E-state index >= 15 is 0 Å². The molecule has 1 aromatic rings. The highest BCUT2D eigenvalue weighted by molar-refractivity contribution is 5.91. The summed E-state index contributed by atoms with van der Waals surface area (Å²) >= 11 is 0. The van der Waals surface area contributed by atoms with Gasteiger partial charge < -0.3 is 15.3 Å². The van der Waals surface area contributed by atoms with E-state index in [4.69, 9.17) is 10.2 Å². The fourth-order valence-corrected chi connectivity index (χ4v) is 1.01. The summed E-state index contributed by atoms with van der Waals surface area (Å²) in [6, 6.07) is 3.80. The molecular formula is C11H8O5. The molecule has 0 aliphatic carbocycles. The van der Waals surface area contributed by atoms with Gasteiger partial charge in [-0.3, -0.25) is 4.79 Å². The summed E-state index contributed by atoms with van der Waals surface area (Å²) in [5, 5.41) is 26.2. The third kappa shape index (κ3) is 3.03. The quantitative estimate of drug-likeness (QED) is 0.644. The Morgan fingerprint density at radius 1 is 1.25 bits per heavy atom. The molecule has 1 aromatic carbocycles. The molecule has 82 valence electrons. The van der Waals surface area contributed by atoms with Gasteiger partial charge in [0.15, 0.2) is 0 Å². The topological polar surface area (TPSA) is 94.8 Å². The highest BCUT2D eigenvalue weighted by Crippen LogP contribution is 2.17. The molecule has 0 aliphatic heterocycles. The number of carbonyl (C=O) groups is 2. The molecule has 0 bridgehead atoms. The lowest BCUT2D eigenvalue weighted by Gasteiger charge is -1.98. The number of carboxylic acid groups (broad SMARTS) is 2. The molecule has 0 spiro atoms. The summed E-state index contributed by atoms with van der Waals surface area (Å²) in [7, 11) is 0. The van der Waals surface area contributed by atoms with Crippen LogP contribution in [0.1, 0.15) is 22.3 Å². The van der Waals surface area contributed by atoms with E-state index < -0.39 is 11.9 Å². The Balaban J connectivity index is 2.98. The van der Waals surface area contributed by atoms with Crippen molar-refractivity contribution >= 4 is 11.9 Å². The smallest absolute Gasteiger partial charge is 0.339 e. The summed E-state index contributed by atoms with van der Waals surface area (Å²) in [6.07, 6.45) is -0.316. The van der Waals surface area contributed by atoms with Crippen molar-refractivity contribution in [3.05, 3.63) is 29.3 Å². The average molecular weight is 220 g/mol. The molecule has 3 N–H and O–H groups in total. The van der Waals surface area contributed by atoms with Gasteiger partial charge in [-0.15, -0.1) is 0 Å². The molecule has 0 atom stereocenters. The van der Waals surface area contributed by atoms with Crippen LogP contribution in [0.4, 0.5) is 0 Å². The number of aromatic hydroxyl groups is 1. The van der Waals surface area contributed by atoms with Gasteiger partial charge in [0.05, 0.1) is 0 Å². The van der Waals surface area contributed by atoms with Gasteiger partial charge in [-0.1, -0.05) is 11.8 Å². The van der Waals surface area contributed by atoms with Crippen LogP contribution in [-0.4, -0.2) is 27.3 Å². The van der Waals surface area contributed by atoms with E-state index in [9.17, 15) is 14.7 Å². The van der Waals surface area contributed by atoms with Crippen LogP contribution in [0, 0.1) is 11.8 Å². The number of benzene rings is 1. The van der Waals surface area contributed by atoms with Gasteiger partial charge in [0.2, 0.25) is 0 Å². The third-order valence-corrected chi connectivity index (χ3v) is 1.70. The zero-order valence-electron chi connectivity index (χ0n) is 8.10. The van der Waals surface area contributed by atoms with Crippen LogP contribution < -0.4 is 0 Å². The Kier molecular flexibility index (Phi) is 3.51. The second-order valence-corrected chi connectivity index (χ2v) is 2.91. The molecule has 5 heteroatoms. The number of aliphatic carboxylic acids is 1. The molecule has 0 unspecified atom stereocenters. The van der Waals surface area contributed by atoms with Crippen LogP contribution in [0.5, 0.6) is 5.75 Å². The lowest BCUT2D eigenvalue weighted by molar-refractivity contribution is -0.135. The largest absolute Gasteiger partial charge is 0.507 e. The van der Waals surface area contributed by atoms with Crippen molar-refractivity contribution in [1.82, 2.24) is 0 Å². The van der Waals surface area contributed by atoms with Gasteiger partial charge in [0.25, 0.3) is 0 Å². The minimum Gasteiger partial charge on any atom is -0.507 e. The van der Waals surface area contributed by atoms with Crippen molar-refractivity contribution in [2.24, 2.45) is 0 Å². The summed E-state index contributed by atoms with van der Waals surface area (Å²) in [5.41, 5.74) is 0.0820. The molecule has 0 radical (unpaired) electrons. The van der Waals surface area contributed by atoms with Gasteiger partial charge in [0, 0.05) is 5.56 Å². The van der Waals surface area contributed by atoms with E-state index in [1.165, 1.54) is 18.2 Å². The van der Waals surface area contributed by atoms with E-state index in [0.29, 0.717) is 5.56 Å². The molecule has 5 nitrogen and oxygen atoms in total. The molecule has 0 aliphatic rings. The lowest BCUT2D eigenvalue weighted by atomic mass is 10.1. The molecule has 0 heterocycles. The van der Waals surface area contributed by atoms with Crippen molar-refractivity contribution in [2.75, 3.05) is 0 Å². The standard InChI is InChI=1S/C11H8O5/c12-9-5-4-7(2-1-3-10(13)14)6-8(9)11(15)16/h4-6,12H,3H2,(H,13,14)(H,15,16). The number of carboxylic acids is 2. The number of hydrogen-bond acceptors (Lipinski definition) is 3. The minimum absolute atomic E-state index is 0.262. The second kappa shape index (κ2) is 4.84. The van der Waals surface area contributed by atoms with E-state index in [2.05, 4.69) is 11.8 Å². The minimum atomic E-state index is -1.26. The molecule has 0 saturated carbocycles. The number of phenols is 1. The first kappa shape index (κ1) is 11.6. The maximum atomic E-state index is 10.7. The van der Waals surface area contributed by atoms with E-state index in [-0.39, 0.29) is 17.7 Å². The maximum Gasteiger partial charge on any atom is 0.339 e. The van der Waals surface area contributed by atoms with E-state index in [0.717, 1.165) is 0 Å². The van der Waals surface area contributed by atoms with Gasteiger partial charge in [-0.05, 0) is 18.2 Å². The first-order valence-corrected chi connectivity index (χ1v) is 4.27. The summed E-state index contributed by atoms with van der Waals surface area (Å²) in [6.45, 7) is 0. The average Bonchev–Trinajstić information content (AvgIpc) is 2.19. The van der Waals surface area contributed by atoms with Crippen LogP contribution in [0.2, 0.25) is 0 Å². The Hall–Kier alpha value is -2.48. The Labute approximate surface area is 91.0 Å². The molecule has 0 aromatic heterocycles. The summed E-state index contributed by atoms with van der Waals surface area (Å²) in [4.78, 5) is 20.8. The molecule has 0 fully saturated rings. The van der Waals surface area contributed by atoms with E-state index in [1.54, 1.807) is 0 Å². The van der Waals surface area contributed by atoms with Crippen molar-refractivity contribution in [3.63, 3.8) is 0 Å². The molecule has 16 heavy (non-hydrogen) atoms. The molecule has 0 saturated heterocycles. The monoisotopic (exact) mass is 220 g/mol. The fraction of sp³-hybridized carbons (Fsp3) is 0.0909. The van der Waals surface area contributed by atoms with Crippen LogP contribution in [0.25, 0.3) is 0 Å². The lowest BCUT2D eigenvalue weighted by Crippen LogP contribution is -1.97. The van der Waals surface area contributed by atoms with Crippen LogP contribution in [-0.2, 0) is 4.79 Å². The van der Waals surface area contributed by atoms with Crippen molar-refractivity contribution < 1.29 is 24.9 Å². The van der Waals surface area contributed by atoms with E-state index in [1.807, 2.05) is 0 Å². The number of aromatic carboxylic acids is 1. The third-order valence-electron chi connectivity index (χ3n) is 1.70. The highest BCUT2D eigenvalue weighted by Gasteiger charge is 2.08. The number of rotatable bonds is 2. The first-order chi connectivity index (χ1) is 7.50.